The molecule has 24 heavy (non-hydrogen) atoms. The zero-order valence-electron chi connectivity index (χ0n) is 13.1. The van der Waals surface area contributed by atoms with Crippen LogP contribution >= 0.6 is 11.6 Å². The van der Waals surface area contributed by atoms with Gasteiger partial charge in [0.1, 0.15) is 0 Å². The van der Waals surface area contributed by atoms with Crippen LogP contribution in [-0.4, -0.2) is 39.1 Å². The minimum Gasteiger partial charge on any atom is -0.314 e. The molecule has 3 aromatic rings. The fourth-order valence-electron chi connectivity index (χ4n) is 3.25. The summed E-state index contributed by atoms with van der Waals surface area (Å²) < 4.78 is 1.44. The van der Waals surface area contributed by atoms with E-state index in [-0.39, 0.29) is 11.6 Å². The highest BCUT2D eigenvalue weighted by Crippen LogP contribution is 2.29. The smallest absolute Gasteiger partial charge is 0.272 e. The molecule has 0 bridgehead atoms. The van der Waals surface area contributed by atoms with Gasteiger partial charge in [-0.2, -0.15) is 0 Å². The fourth-order valence-corrected chi connectivity index (χ4v) is 3.52. The van der Waals surface area contributed by atoms with Gasteiger partial charge in [0.05, 0.1) is 5.69 Å². The van der Waals surface area contributed by atoms with E-state index in [9.17, 15) is 4.79 Å². The number of aromatic amines is 1. The molecule has 1 aromatic carbocycles. The Labute approximate surface area is 144 Å². The molecule has 1 aliphatic rings. The van der Waals surface area contributed by atoms with E-state index in [2.05, 4.69) is 26.4 Å². The first kappa shape index (κ1) is 15.4. The summed E-state index contributed by atoms with van der Waals surface area (Å²) in [5.74, 6) is 0. The summed E-state index contributed by atoms with van der Waals surface area (Å²) in [6.07, 6.45) is 1.71. The van der Waals surface area contributed by atoms with Crippen LogP contribution in [0.4, 0.5) is 0 Å². The third kappa shape index (κ3) is 2.84. The molecular formula is C17H18ClN5O. The van der Waals surface area contributed by atoms with Crippen LogP contribution in [0.3, 0.4) is 0 Å². The Hall–Kier alpha value is -2.15. The van der Waals surface area contributed by atoms with Crippen LogP contribution in [0.5, 0.6) is 0 Å². The Morgan fingerprint density at radius 2 is 2.17 bits per heavy atom. The lowest BCUT2D eigenvalue weighted by Gasteiger charge is -2.36. The standard InChI is InChI=1S/C17H18ClN5O/c18-14-4-2-1-3-13(14)15-10-19-7-8-22(15)11-12-9-17(24)23-16(21-12)5-6-20-23/h1-6,9,15,19-20H,7-8,10-11H2. The average molecular weight is 344 g/mol. The summed E-state index contributed by atoms with van der Waals surface area (Å²) in [6.45, 7) is 3.24. The Balaban J connectivity index is 1.65. The van der Waals surface area contributed by atoms with E-state index < -0.39 is 0 Å². The van der Waals surface area contributed by atoms with E-state index >= 15 is 0 Å². The number of hydrogen-bond donors (Lipinski definition) is 2. The molecular weight excluding hydrogens is 326 g/mol. The van der Waals surface area contributed by atoms with E-state index in [0.717, 1.165) is 35.9 Å². The van der Waals surface area contributed by atoms with Gasteiger partial charge in [-0.25, -0.2) is 9.50 Å². The van der Waals surface area contributed by atoms with Gasteiger partial charge in [0.2, 0.25) is 0 Å². The van der Waals surface area contributed by atoms with Gasteiger partial charge in [-0.05, 0) is 11.6 Å². The quantitative estimate of drug-likeness (QED) is 0.761. The molecule has 1 fully saturated rings. The number of aromatic nitrogens is 3. The summed E-state index contributed by atoms with van der Waals surface area (Å²) in [4.78, 5) is 19.0. The molecule has 1 aliphatic heterocycles. The molecule has 2 aromatic heterocycles. The van der Waals surface area contributed by atoms with E-state index in [1.54, 1.807) is 18.3 Å². The number of fused-ring (bicyclic) bond motifs is 1. The largest absolute Gasteiger partial charge is 0.314 e. The van der Waals surface area contributed by atoms with Crippen LogP contribution in [0.2, 0.25) is 5.02 Å². The molecule has 7 heteroatoms. The molecule has 1 saturated heterocycles. The van der Waals surface area contributed by atoms with Crippen LogP contribution in [0.1, 0.15) is 17.3 Å². The van der Waals surface area contributed by atoms with Crippen molar-refractivity contribution >= 4 is 17.2 Å². The van der Waals surface area contributed by atoms with Crippen LogP contribution in [0.15, 0.2) is 47.4 Å². The topological polar surface area (TPSA) is 65.4 Å². The summed E-state index contributed by atoms with van der Waals surface area (Å²) in [5.41, 5.74) is 2.43. The lowest BCUT2D eigenvalue weighted by molar-refractivity contribution is 0.152. The number of hydrogen-bond acceptors (Lipinski definition) is 4. The van der Waals surface area contributed by atoms with Crippen molar-refractivity contribution in [1.82, 2.24) is 24.8 Å². The Bertz CT molecular complexity index is 918. The van der Waals surface area contributed by atoms with Gasteiger partial charge in [0.25, 0.3) is 5.56 Å². The van der Waals surface area contributed by atoms with Gasteiger partial charge in [0, 0.05) is 55.6 Å². The normalized spacial score (nSPS) is 19.0. The second kappa shape index (κ2) is 6.39. The second-order valence-electron chi connectivity index (χ2n) is 5.95. The van der Waals surface area contributed by atoms with Gasteiger partial charge in [0.15, 0.2) is 5.65 Å². The van der Waals surface area contributed by atoms with Crippen molar-refractivity contribution in [3.8, 4) is 0 Å². The van der Waals surface area contributed by atoms with E-state index in [1.165, 1.54) is 4.52 Å². The molecule has 0 aliphatic carbocycles. The lowest BCUT2D eigenvalue weighted by atomic mass is 10.0. The minimum atomic E-state index is -0.0931. The first-order chi connectivity index (χ1) is 11.7. The Kier molecular flexibility index (Phi) is 4.10. The number of rotatable bonds is 3. The molecule has 0 spiro atoms. The maximum atomic E-state index is 12.1. The lowest BCUT2D eigenvalue weighted by Crippen LogP contribution is -2.45. The number of nitrogens with one attached hydrogen (secondary N) is 2. The van der Waals surface area contributed by atoms with Gasteiger partial charge in [-0.1, -0.05) is 29.8 Å². The molecule has 6 nitrogen and oxygen atoms in total. The number of H-pyrrole nitrogens is 1. The third-order valence-electron chi connectivity index (χ3n) is 4.42. The Morgan fingerprint density at radius 1 is 1.29 bits per heavy atom. The highest BCUT2D eigenvalue weighted by atomic mass is 35.5. The molecule has 1 unspecified atom stereocenters. The first-order valence-corrected chi connectivity index (χ1v) is 8.35. The van der Waals surface area contributed by atoms with Crippen LogP contribution in [0, 0.1) is 0 Å². The predicted molar refractivity (Wildman–Crippen MR) is 93.3 cm³/mol. The van der Waals surface area contributed by atoms with E-state index in [0.29, 0.717) is 12.2 Å². The zero-order valence-corrected chi connectivity index (χ0v) is 13.8. The van der Waals surface area contributed by atoms with E-state index in [1.807, 2.05) is 18.2 Å². The van der Waals surface area contributed by atoms with Crippen molar-refractivity contribution in [2.45, 2.75) is 12.6 Å². The fraction of sp³-hybridized carbons (Fsp3) is 0.294. The number of nitrogens with zero attached hydrogens (tertiary/aromatic N) is 3. The van der Waals surface area contributed by atoms with Crippen molar-refractivity contribution in [3.63, 3.8) is 0 Å². The molecule has 2 N–H and O–H groups in total. The summed E-state index contributed by atoms with van der Waals surface area (Å²) in [6, 6.07) is 11.5. The second-order valence-corrected chi connectivity index (χ2v) is 6.36. The average Bonchev–Trinajstić information content (AvgIpc) is 3.05. The summed E-state index contributed by atoms with van der Waals surface area (Å²) >= 11 is 6.39. The van der Waals surface area contributed by atoms with Crippen molar-refractivity contribution < 1.29 is 0 Å². The van der Waals surface area contributed by atoms with Crippen molar-refractivity contribution in [2.75, 3.05) is 19.6 Å². The van der Waals surface area contributed by atoms with Crippen molar-refractivity contribution in [1.29, 1.82) is 0 Å². The van der Waals surface area contributed by atoms with Gasteiger partial charge in [-0.3, -0.25) is 14.8 Å². The van der Waals surface area contributed by atoms with Crippen molar-refractivity contribution in [2.24, 2.45) is 0 Å². The Morgan fingerprint density at radius 3 is 3.04 bits per heavy atom. The minimum absolute atomic E-state index is 0.0931. The molecule has 124 valence electrons. The number of piperazine rings is 1. The van der Waals surface area contributed by atoms with Gasteiger partial charge >= 0.3 is 0 Å². The van der Waals surface area contributed by atoms with Gasteiger partial charge < -0.3 is 5.32 Å². The molecule has 1 atom stereocenters. The SMILES string of the molecule is O=c1cc(CN2CCNCC2c2ccccc2Cl)nc2cc[nH]n12. The van der Waals surface area contributed by atoms with Gasteiger partial charge in [-0.15, -0.1) is 0 Å². The highest BCUT2D eigenvalue weighted by Gasteiger charge is 2.25. The third-order valence-corrected chi connectivity index (χ3v) is 4.76. The molecule has 3 heterocycles. The molecule has 0 saturated carbocycles. The van der Waals surface area contributed by atoms with E-state index in [4.69, 9.17) is 11.6 Å². The summed E-state index contributed by atoms with van der Waals surface area (Å²) in [5, 5.41) is 7.05. The monoisotopic (exact) mass is 343 g/mol. The highest BCUT2D eigenvalue weighted by molar-refractivity contribution is 6.31. The van der Waals surface area contributed by atoms with Crippen LogP contribution < -0.4 is 10.9 Å². The first-order valence-electron chi connectivity index (χ1n) is 7.97. The maximum Gasteiger partial charge on any atom is 0.272 e. The predicted octanol–water partition coefficient (Wildman–Crippen LogP) is 1.82. The van der Waals surface area contributed by atoms with Crippen molar-refractivity contribution in [3.05, 3.63) is 69.2 Å². The summed E-state index contributed by atoms with van der Waals surface area (Å²) in [7, 11) is 0. The number of benzene rings is 1. The molecule has 4 rings (SSSR count). The zero-order chi connectivity index (χ0) is 16.5. The maximum absolute atomic E-state index is 12.1. The molecule has 0 radical (unpaired) electrons. The molecule has 0 amide bonds. The van der Waals surface area contributed by atoms with Crippen LogP contribution in [-0.2, 0) is 6.54 Å². The number of halogens is 1. The van der Waals surface area contributed by atoms with Crippen LogP contribution in [0.25, 0.3) is 5.65 Å².